The van der Waals surface area contributed by atoms with Gasteiger partial charge in [-0.15, -0.1) is 0 Å². The smallest absolute Gasteiger partial charge is 0.255 e. The highest BCUT2D eigenvalue weighted by molar-refractivity contribution is 14.1. The van der Waals surface area contributed by atoms with E-state index < -0.39 is 0 Å². The van der Waals surface area contributed by atoms with Crippen LogP contribution in [0.5, 0.6) is 0 Å². The highest BCUT2D eigenvalue weighted by atomic mass is 127. The summed E-state index contributed by atoms with van der Waals surface area (Å²) in [5, 5.41) is 3.03. The van der Waals surface area contributed by atoms with Gasteiger partial charge in [-0.1, -0.05) is 6.07 Å². The molecule has 6 heteroatoms. The van der Waals surface area contributed by atoms with E-state index in [1.165, 1.54) is 0 Å². The number of likely N-dealkylation sites (N-methyl/N-ethyl adjacent to an activating group) is 1. The van der Waals surface area contributed by atoms with E-state index in [0.717, 1.165) is 41.1 Å². The number of nitrogens with one attached hydrogen (secondary N) is 1. The predicted molar refractivity (Wildman–Crippen MR) is 108 cm³/mol. The molecule has 2 aromatic carbocycles. The first-order valence-electron chi connectivity index (χ1n) is 7.93. The first kappa shape index (κ1) is 17.0. The van der Waals surface area contributed by atoms with Crippen molar-refractivity contribution in [2.45, 2.75) is 0 Å². The first-order chi connectivity index (χ1) is 11.5. The number of rotatable bonds is 3. The molecular weight excluding hydrogens is 415 g/mol. The fraction of sp³-hybridized carbons (Fsp3) is 0.278. The summed E-state index contributed by atoms with van der Waals surface area (Å²) < 4.78 is 1.03. The summed E-state index contributed by atoms with van der Waals surface area (Å²) in [7, 11) is 2.13. The molecule has 5 nitrogen and oxygen atoms in total. The zero-order valence-electron chi connectivity index (χ0n) is 13.6. The molecule has 3 N–H and O–H groups in total. The number of hydrogen-bond donors (Lipinski definition) is 2. The molecular formula is C18H21IN4O. The lowest BCUT2D eigenvalue weighted by molar-refractivity contribution is 0.102. The molecule has 0 aromatic heterocycles. The molecule has 0 saturated carbocycles. The van der Waals surface area contributed by atoms with Crippen molar-refractivity contribution < 1.29 is 4.79 Å². The van der Waals surface area contributed by atoms with Crippen LogP contribution >= 0.6 is 22.6 Å². The van der Waals surface area contributed by atoms with Gasteiger partial charge in [-0.25, -0.2) is 0 Å². The van der Waals surface area contributed by atoms with Crippen molar-refractivity contribution in [3.05, 3.63) is 51.6 Å². The third kappa shape index (κ3) is 3.99. The normalized spacial score (nSPS) is 15.3. The van der Waals surface area contributed by atoms with Gasteiger partial charge in [0.25, 0.3) is 5.91 Å². The standard InChI is InChI=1S/C18H21IN4O/c1-22-7-9-23(10-8-22)17-6-5-15(20)12-16(17)21-18(24)13-3-2-4-14(19)11-13/h2-6,11-12H,7-10,20H2,1H3,(H,21,24). The van der Waals surface area contributed by atoms with Crippen LogP contribution in [-0.2, 0) is 0 Å². The van der Waals surface area contributed by atoms with Gasteiger partial charge in [0.15, 0.2) is 0 Å². The quantitative estimate of drug-likeness (QED) is 0.574. The van der Waals surface area contributed by atoms with E-state index in [0.29, 0.717) is 11.3 Å². The van der Waals surface area contributed by atoms with Crippen molar-refractivity contribution in [2.75, 3.05) is 49.2 Å². The lowest BCUT2D eigenvalue weighted by Gasteiger charge is -2.35. The molecule has 1 aliphatic heterocycles. The molecule has 1 saturated heterocycles. The number of carbonyl (C=O) groups is 1. The third-order valence-electron chi connectivity index (χ3n) is 4.20. The van der Waals surface area contributed by atoms with Gasteiger partial charge in [0.05, 0.1) is 11.4 Å². The minimum atomic E-state index is -0.116. The average Bonchev–Trinajstić information content (AvgIpc) is 2.56. The van der Waals surface area contributed by atoms with Crippen molar-refractivity contribution in [3.8, 4) is 0 Å². The highest BCUT2D eigenvalue weighted by Gasteiger charge is 2.18. The van der Waals surface area contributed by atoms with Crippen LogP contribution in [0.4, 0.5) is 17.1 Å². The maximum atomic E-state index is 12.6. The molecule has 0 radical (unpaired) electrons. The average molecular weight is 436 g/mol. The molecule has 0 aliphatic carbocycles. The molecule has 1 fully saturated rings. The number of nitrogen functional groups attached to an aromatic ring is 1. The summed E-state index contributed by atoms with van der Waals surface area (Å²) in [5.41, 5.74) is 9.02. The van der Waals surface area contributed by atoms with Crippen LogP contribution in [0.1, 0.15) is 10.4 Å². The van der Waals surface area contributed by atoms with E-state index in [-0.39, 0.29) is 5.91 Å². The summed E-state index contributed by atoms with van der Waals surface area (Å²) in [5.74, 6) is -0.116. The monoisotopic (exact) mass is 436 g/mol. The number of halogens is 1. The number of anilines is 3. The maximum absolute atomic E-state index is 12.6. The largest absolute Gasteiger partial charge is 0.399 e. The predicted octanol–water partition coefficient (Wildman–Crippen LogP) is 2.88. The summed E-state index contributed by atoms with van der Waals surface area (Å²) >= 11 is 2.21. The Morgan fingerprint density at radius 1 is 1.12 bits per heavy atom. The lowest BCUT2D eigenvalue weighted by atomic mass is 10.1. The molecule has 3 rings (SSSR count). The summed E-state index contributed by atoms with van der Waals surface area (Å²) in [6, 6.07) is 13.3. The summed E-state index contributed by atoms with van der Waals surface area (Å²) in [6.45, 7) is 3.89. The number of benzene rings is 2. The zero-order valence-corrected chi connectivity index (χ0v) is 15.8. The summed E-state index contributed by atoms with van der Waals surface area (Å²) in [6.07, 6.45) is 0. The van der Waals surface area contributed by atoms with Crippen LogP contribution < -0.4 is 16.0 Å². The molecule has 1 aliphatic rings. The van der Waals surface area contributed by atoms with Crippen LogP contribution in [0, 0.1) is 3.57 Å². The second kappa shape index (κ2) is 7.40. The number of hydrogen-bond acceptors (Lipinski definition) is 4. The van der Waals surface area contributed by atoms with Gasteiger partial charge in [-0.2, -0.15) is 0 Å². The minimum Gasteiger partial charge on any atom is -0.399 e. The van der Waals surface area contributed by atoms with Gasteiger partial charge in [-0.3, -0.25) is 4.79 Å². The topological polar surface area (TPSA) is 61.6 Å². The maximum Gasteiger partial charge on any atom is 0.255 e. The fourth-order valence-electron chi connectivity index (χ4n) is 2.80. The van der Waals surface area contributed by atoms with Crippen molar-refractivity contribution in [2.24, 2.45) is 0 Å². The first-order valence-corrected chi connectivity index (χ1v) is 9.01. The molecule has 1 amide bonds. The number of carbonyl (C=O) groups excluding carboxylic acids is 1. The molecule has 126 valence electrons. The van der Waals surface area contributed by atoms with E-state index in [1.807, 2.05) is 42.5 Å². The fourth-order valence-corrected chi connectivity index (χ4v) is 3.34. The Hall–Kier alpha value is -1.80. The van der Waals surface area contributed by atoms with E-state index in [2.05, 4.69) is 44.8 Å². The molecule has 0 spiro atoms. The molecule has 2 aromatic rings. The third-order valence-corrected chi connectivity index (χ3v) is 4.87. The van der Waals surface area contributed by atoms with E-state index in [4.69, 9.17) is 5.73 Å². The van der Waals surface area contributed by atoms with E-state index in [1.54, 1.807) is 0 Å². The zero-order chi connectivity index (χ0) is 17.1. The number of amides is 1. The highest BCUT2D eigenvalue weighted by Crippen LogP contribution is 2.29. The Balaban J connectivity index is 1.84. The Morgan fingerprint density at radius 2 is 1.88 bits per heavy atom. The summed E-state index contributed by atoms with van der Waals surface area (Å²) in [4.78, 5) is 17.2. The Kier molecular flexibility index (Phi) is 5.25. The van der Waals surface area contributed by atoms with Gasteiger partial charge >= 0.3 is 0 Å². The van der Waals surface area contributed by atoms with E-state index in [9.17, 15) is 4.79 Å². The Bertz CT molecular complexity index is 742. The molecule has 1 heterocycles. The molecule has 0 bridgehead atoms. The van der Waals surface area contributed by atoms with Gasteiger partial charge in [0.2, 0.25) is 0 Å². The number of nitrogens with two attached hydrogens (primary N) is 1. The van der Waals surface area contributed by atoms with Gasteiger partial charge < -0.3 is 20.9 Å². The van der Waals surface area contributed by atoms with Crippen molar-refractivity contribution in [1.29, 1.82) is 0 Å². The van der Waals surface area contributed by atoms with Gasteiger partial charge in [0.1, 0.15) is 0 Å². The lowest BCUT2D eigenvalue weighted by Crippen LogP contribution is -2.44. The SMILES string of the molecule is CN1CCN(c2ccc(N)cc2NC(=O)c2cccc(I)c2)CC1. The van der Waals surface area contributed by atoms with Crippen LogP contribution in [0.2, 0.25) is 0 Å². The van der Waals surface area contributed by atoms with Crippen molar-refractivity contribution in [3.63, 3.8) is 0 Å². The minimum absolute atomic E-state index is 0.116. The number of nitrogens with zero attached hydrogens (tertiary/aromatic N) is 2. The molecule has 24 heavy (non-hydrogen) atoms. The molecule has 0 atom stereocenters. The van der Waals surface area contributed by atoms with Gasteiger partial charge in [0, 0.05) is 41.0 Å². The van der Waals surface area contributed by atoms with Gasteiger partial charge in [-0.05, 0) is 66.0 Å². The Labute approximate surface area is 156 Å². The van der Waals surface area contributed by atoms with Crippen LogP contribution in [-0.4, -0.2) is 44.0 Å². The van der Waals surface area contributed by atoms with Crippen LogP contribution in [0.3, 0.4) is 0 Å². The van der Waals surface area contributed by atoms with Crippen molar-refractivity contribution >= 4 is 45.6 Å². The van der Waals surface area contributed by atoms with Crippen LogP contribution in [0.25, 0.3) is 0 Å². The van der Waals surface area contributed by atoms with Crippen LogP contribution in [0.15, 0.2) is 42.5 Å². The number of piperazine rings is 1. The van der Waals surface area contributed by atoms with E-state index >= 15 is 0 Å². The second-order valence-electron chi connectivity index (χ2n) is 6.03. The molecule has 0 unspecified atom stereocenters. The Morgan fingerprint density at radius 3 is 2.58 bits per heavy atom. The van der Waals surface area contributed by atoms with Crippen molar-refractivity contribution in [1.82, 2.24) is 4.90 Å². The second-order valence-corrected chi connectivity index (χ2v) is 7.28.